The van der Waals surface area contributed by atoms with E-state index < -0.39 is 5.09 Å². The molecule has 1 heterocycles. The van der Waals surface area contributed by atoms with Crippen molar-refractivity contribution in [1.29, 1.82) is 0 Å². The Hall–Kier alpha value is -2.92. The predicted molar refractivity (Wildman–Crippen MR) is 52.9 cm³/mol. The second kappa shape index (κ2) is 5.74. The molecule has 1 rings (SSSR count). The molecule has 0 aliphatic rings. The Kier molecular flexibility index (Phi) is 4.69. The van der Waals surface area contributed by atoms with E-state index in [1.54, 1.807) is 0 Å². The number of anilines is 2. The molecular formula is C4H9N9O3. The van der Waals surface area contributed by atoms with Crippen LogP contribution in [0.3, 0.4) is 0 Å². The molecule has 16 heavy (non-hydrogen) atoms. The van der Waals surface area contributed by atoms with Gasteiger partial charge in [0.25, 0.3) is 11.0 Å². The zero-order chi connectivity index (χ0) is 12.7. The smallest absolute Gasteiger partial charge is 0.291 e. The fourth-order valence-electron chi connectivity index (χ4n) is 0.563. The van der Waals surface area contributed by atoms with Crippen LogP contribution in [0.1, 0.15) is 0 Å². The van der Waals surface area contributed by atoms with E-state index in [-0.39, 0.29) is 23.8 Å². The largest absolute Gasteiger partial charge is 0.370 e. The third-order valence-electron chi connectivity index (χ3n) is 0.887. The van der Waals surface area contributed by atoms with E-state index in [1.165, 1.54) is 0 Å². The SMILES string of the molecule is NC(N)=Nc1nc(N)nc(N)n1.O=[N+]([O-])O. The van der Waals surface area contributed by atoms with Crippen LogP contribution in [0.4, 0.5) is 17.8 Å². The van der Waals surface area contributed by atoms with Crippen LogP contribution in [0, 0.1) is 10.1 Å². The fourth-order valence-corrected chi connectivity index (χ4v) is 0.563. The topological polar surface area (TPSA) is 218 Å². The Bertz CT molecular complexity index is 375. The number of nitrogen functional groups attached to an aromatic ring is 2. The molecule has 12 nitrogen and oxygen atoms in total. The minimum Gasteiger partial charge on any atom is -0.370 e. The zero-order valence-electron chi connectivity index (χ0n) is 7.81. The molecule has 9 N–H and O–H groups in total. The highest BCUT2D eigenvalue weighted by Crippen LogP contribution is 2.05. The lowest BCUT2D eigenvalue weighted by Crippen LogP contribution is -2.22. The Morgan fingerprint density at radius 2 is 1.62 bits per heavy atom. The van der Waals surface area contributed by atoms with Gasteiger partial charge in [-0.1, -0.05) is 0 Å². The molecule has 0 fully saturated rings. The van der Waals surface area contributed by atoms with E-state index >= 15 is 0 Å². The van der Waals surface area contributed by atoms with E-state index in [2.05, 4.69) is 19.9 Å². The van der Waals surface area contributed by atoms with Crippen LogP contribution in [0.5, 0.6) is 0 Å². The van der Waals surface area contributed by atoms with Crippen molar-refractivity contribution in [2.45, 2.75) is 0 Å². The first kappa shape index (κ1) is 13.1. The lowest BCUT2D eigenvalue weighted by Gasteiger charge is -1.96. The van der Waals surface area contributed by atoms with Gasteiger partial charge in [-0.3, -0.25) is 0 Å². The summed E-state index contributed by atoms with van der Waals surface area (Å²) < 4.78 is 0. The quantitative estimate of drug-likeness (QED) is 0.149. The van der Waals surface area contributed by atoms with Crippen LogP contribution in [0.2, 0.25) is 0 Å². The standard InChI is InChI=1S/C4H8N8.HNO3/c5-1(6)9-4-11-2(7)10-3(8)12-4;2-1(3)4/h(H8,5,6,7,8,9,10,11,12);(H,2,3,4). The number of nitrogens with two attached hydrogens (primary N) is 4. The lowest BCUT2D eigenvalue weighted by atomic mass is 10.8. The third kappa shape index (κ3) is 6.58. The lowest BCUT2D eigenvalue weighted by molar-refractivity contribution is -0.742. The van der Waals surface area contributed by atoms with Crippen molar-refractivity contribution in [3.05, 3.63) is 10.1 Å². The van der Waals surface area contributed by atoms with Crippen molar-refractivity contribution in [2.24, 2.45) is 16.5 Å². The monoisotopic (exact) mass is 231 g/mol. The summed E-state index contributed by atoms with van der Waals surface area (Å²) >= 11 is 0. The van der Waals surface area contributed by atoms with Gasteiger partial charge in [0, 0.05) is 0 Å². The molecular weight excluding hydrogens is 222 g/mol. The van der Waals surface area contributed by atoms with E-state index in [0.717, 1.165) is 0 Å². The normalized spacial score (nSPS) is 8.50. The molecule has 0 aromatic carbocycles. The summed E-state index contributed by atoms with van der Waals surface area (Å²) in [5, 5.41) is 13.6. The number of hydrogen-bond donors (Lipinski definition) is 5. The van der Waals surface area contributed by atoms with Crippen LogP contribution in [0.25, 0.3) is 0 Å². The van der Waals surface area contributed by atoms with Gasteiger partial charge >= 0.3 is 0 Å². The van der Waals surface area contributed by atoms with Crippen LogP contribution in [-0.4, -0.2) is 31.2 Å². The van der Waals surface area contributed by atoms with E-state index in [0.29, 0.717) is 0 Å². The Morgan fingerprint density at radius 1 is 1.25 bits per heavy atom. The molecule has 0 radical (unpaired) electrons. The third-order valence-corrected chi connectivity index (χ3v) is 0.887. The Balaban J connectivity index is 0.000000487. The second-order valence-electron chi connectivity index (χ2n) is 2.13. The molecule has 0 amide bonds. The number of aromatic nitrogens is 3. The van der Waals surface area contributed by atoms with Gasteiger partial charge in [0.15, 0.2) is 5.96 Å². The minimum atomic E-state index is -1.50. The Labute approximate surface area is 88.1 Å². The van der Waals surface area contributed by atoms with Gasteiger partial charge in [-0.05, 0) is 0 Å². The number of aliphatic imine (C=N–C) groups is 1. The molecule has 0 aliphatic heterocycles. The molecule has 0 spiro atoms. The van der Waals surface area contributed by atoms with Crippen molar-refractivity contribution in [2.75, 3.05) is 11.5 Å². The van der Waals surface area contributed by atoms with Crippen molar-refractivity contribution < 1.29 is 10.3 Å². The van der Waals surface area contributed by atoms with E-state index in [1.807, 2.05) is 0 Å². The van der Waals surface area contributed by atoms with E-state index in [9.17, 15) is 0 Å². The summed E-state index contributed by atoms with van der Waals surface area (Å²) in [7, 11) is 0. The van der Waals surface area contributed by atoms with Gasteiger partial charge in [0.1, 0.15) is 0 Å². The molecule has 0 saturated carbocycles. The van der Waals surface area contributed by atoms with Crippen molar-refractivity contribution in [3.8, 4) is 0 Å². The number of guanidine groups is 1. The predicted octanol–water partition coefficient (Wildman–Crippen LogP) is -2.41. The highest BCUT2D eigenvalue weighted by Gasteiger charge is 1.99. The number of nitrogens with zero attached hydrogens (tertiary/aromatic N) is 5. The maximum Gasteiger partial charge on any atom is 0.291 e. The molecule has 1 aromatic rings. The maximum atomic E-state index is 8.36. The number of hydrogen-bond acceptors (Lipinski definition) is 8. The Morgan fingerprint density at radius 3 is 1.94 bits per heavy atom. The highest BCUT2D eigenvalue weighted by molar-refractivity contribution is 5.78. The number of rotatable bonds is 1. The fraction of sp³-hybridized carbons (Fsp3) is 0. The van der Waals surface area contributed by atoms with Gasteiger partial charge in [-0.2, -0.15) is 19.9 Å². The highest BCUT2D eigenvalue weighted by atomic mass is 16.9. The summed E-state index contributed by atoms with van der Waals surface area (Å²) in [4.78, 5) is 22.6. The first-order valence-corrected chi connectivity index (χ1v) is 3.51. The average molecular weight is 231 g/mol. The van der Waals surface area contributed by atoms with Gasteiger partial charge in [-0.25, -0.2) is 0 Å². The zero-order valence-corrected chi connectivity index (χ0v) is 7.81. The molecule has 0 bridgehead atoms. The maximum absolute atomic E-state index is 8.36. The first-order chi connectivity index (χ1) is 7.31. The van der Waals surface area contributed by atoms with Crippen molar-refractivity contribution in [1.82, 2.24) is 15.0 Å². The minimum absolute atomic E-state index is 0.000000000000000444. The summed E-state index contributed by atoms with van der Waals surface area (Å²) in [6.07, 6.45) is 0. The molecule has 0 unspecified atom stereocenters. The van der Waals surface area contributed by atoms with Gasteiger partial charge < -0.3 is 28.1 Å². The molecule has 88 valence electrons. The molecule has 12 heteroatoms. The van der Waals surface area contributed by atoms with Gasteiger partial charge in [0.05, 0.1) is 0 Å². The van der Waals surface area contributed by atoms with E-state index in [4.69, 9.17) is 38.3 Å². The first-order valence-electron chi connectivity index (χ1n) is 3.51. The summed E-state index contributed by atoms with van der Waals surface area (Å²) in [5.74, 6) is -0.218. The molecule has 0 atom stereocenters. The van der Waals surface area contributed by atoms with Crippen LogP contribution >= 0.6 is 0 Å². The summed E-state index contributed by atoms with van der Waals surface area (Å²) in [6.45, 7) is 0. The van der Waals surface area contributed by atoms with Crippen LogP contribution in [-0.2, 0) is 0 Å². The van der Waals surface area contributed by atoms with Gasteiger partial charge in [0.2, 0.25) is 11.9 Å². The average Bonchev–Trinajstić information content (AvgIpc) is 1.97. The molecule has 1 aromatic heterocycles. The summed E-state index contributed by atoms with van der Waals surface area (Å²) in [6, 6.07) is 0. The van der Waals surface area contributed by atoms with Crippen LogP contribution in [0.15, 0.2) is 4.99 Å². The van der Waals surface area contributed by atoms with Crippen LogP contribution < -0.4 is 22.9 Å². The molecule has 0 saturated heterocycles. The van der Waals surface area contributed by atoms with Crippen molar-refractivity contribution in [3.63, 3.8) is 0 Å². The van der Waals surface area contributed by atoms with Crippen molar-refractivity contribution >= 4 is 23.8 Å². The second-order valence-corrected chi connectivity index (χ2v) is 2.13. The van der Waals surface area contributed by atoms with Gasteiger partial charge in [-0.15, -0.1) is 10.1 Å². The molecule has 0 aliphatic carbocycles. The summed E-state index contributed by atoms with van der Waals surface area (Å²) in [5.41, 5.74) is 20.6.